The predicted molar refractivity (Wildman–Crippen MR) is 49.8 cm³/mol. The maximum Gasteiger partial charge on any atom is 0.307 e. The second-order valence-corrected chi connectivity index (χ2v) is 3.89. The Kier molecular flexibility index (Phi) is 2.93. The number of allylic oxidation sites excluding steroid dienone is 2. The summed E-state index contributed by atoms with van der Waals surface area (Å²) in [6.07, 6.45) is 2.19. The largest absolute Gasteiger partial charge is 0.481 e. The predicted octanol–water partition coefficient (Wildman–Crippen LogP) is 1.37. The van der Waals surface area contributed by atoms with Crippen molar-refractivity contribution in [2.45, 2.75) is 20.3 Å². The average molecular weight is 198 g/mol. The molecule has 0 saturated carbocycles. The smallest absolute Gasteiger partial charge is 0.307 e. The van der Waals surface area contributed by atoms with Crippen LogP contribution < -0.4 is 0 Å². The van der Waals surface area contributed by atoms with Crippen molar-refractivity contribution in [3.05, 3.63) is 11.6 Å². The van der Waals surface area contributed by atoms with Crippen LogP contribution in [0.1, 0.15) is 20.3 Å². The van der Waals surface area contributed by atoms with Gasteiger partial charge in [0.25, 0.3) is 0 Å². The molecule has 1 rings (SSSR count). The van der Waals surface area contributed by atoms with E-state index in [-0.39, 0.29) is 5.92 Å². The molecule has 0 unspecified atom stereocenters. The molecular weight excluding hydrogens is 184 g/mol. The fraction of sp³-hybridized carbons (Fsp3) is 0.600. The summed E-state index contributed by atoms with van der Waals surface area (Å²) in [5.74, 6) is -3.82. The third-order valence-electron chi connectivity index (χ3n) is 2.69. The van der Waals surface area contributed by atoms with Crippen molar-refractivity contribution in [1.82, 2.24) is 0 Å². The molecule has 1 aliphatic carbocycles. The first-order chi connectivity index (χ1) is 6.43. The van der Waals surface area contributed by atoms with Crippen molar-refractivity contribution in [2.24, 2.45) is 17.8 Å². The molecular formula is C10H14O4. The van der Waals surface area contributed by atoms with Crippen LogP contribution in [0.25, 0.3) is 0 Å². The SMILES string of the molecule is CC1=C[C@@H](C)[C@H](C(=O)O)[C@H](C(=O)O)C1. The van der Waals surface area contributed by atoms with Crippen LogP contribution in [-0.2, 0) is 9.59 Å². The van der Waals surface area contributed by atoms with E-state index >= 15 is 0 Å². The molecule has 0 bridgehead atoms. The third-order valence-corrected chi connectivity index (χ3v) is 2.69. The fourth-order valence-corrected chi connectivity index (χ4v) is 2.10. The van der Waals surface area contributed by atoms with Crippen LogP contribution in [0.3, 0.4) is 0 Å². The summed E-state index contributed by atoms with van der Waals surface area (Å²) < 4.78 is 0. The zero-order chi connectivity index (χ0) is 10.9. The molecule has 0 saturated heterocycles. The van der Waals surface area contributed by atoms with E-state index in [9.17, 15) is 9.59 Å². The standard InChI is InChI=1S/C10H14O4/c1-5-3-6(2)8(10(13)14)7(4-5)9(11)12/h3,6-8H,4H2,1-2H3,(H,11,12)(H,13,14)/t6-,7-,8+/m1/s1. The second-order valence-electron chi connectivity index (χ2n) is 3.89. The van der Waals surface area contributed by atoms with Gasteiger partial charge < -0.3 is 10.2 Å². The van der Waals surface area contributed by atoms with Crippen LogP contribution in [0, 0.1) is 17.8 Å². The molecule has 78 valence electrons. The van der Waals surface area contributed by atoms with Crippen molar-refractivity contribution in [2.75, 3.05) is 0 Å². The Morgan fingerprint density at radius 3 is 2.36 bits per heavy atom. The summed E-state index contributed by atoms with van der Waals surface area (Å²) >= 11 is 0. The van der Waals surface area contributed by atoms with Crippen LogP contribution in [0.2, 0.25) is 0 Å². The van der Waals surface area contributed by atoms with Gasteiger partial charge in [-0.25, -0.2) is 0 Å². The number of hydrogen-bond donors (Lipinski definition) is 2. The van der Waals surface area contributed by atoms with E-state index in [0.717, 1.165) is 5.57 Å². The molecule has 4 nitrogen and oxygen atoms in total. The first kappa shape index (κ1) is 10.8. The number of carboxylic acid groups (broad SMARTS) is 2. The van der Waals surface area contributed by atoms with Gasteiger partial charge >= 0.3 is 11.9 Å². The van der Waals surface area contributed by atoms with Gasteiger partial charge in [-0.2, -0.15) is 0 Å². The van der Waals surface area contributed by atoms with Gasteiger partial charge in [0.2, 0.25) is 0 Å². The first-order valence-corrected chi connectivity index (χ1v) is 4.56. The van der Waals surface area contributed by atoms with Gasteiger partial charge in [0, 0.05) is 0 Å². The fourth-order valence-electron chi connectivity index (χ4n) is 2.10. The molecule has 0 spiro atoms. The van der Waals surface area contributed by atoms with Crippen molar-refractivity contribution in [1.29, 1.82) is 0 Å². The monoisotopic (exact) mass is 198 g/mol. The van der Waals surface area contributed by atoms with Crippen LogP contribution in [-0.4, -0.2) is 22.2 Å². The normalized spacial score (nSPS) is 32.1. The van der Waals surface area contributed by atoms with Crippen LogP contribution in [0.15, 0.2) is 11.6 Å². The van der Waals surface area contributed by atoms with Gasteiger partial charge in [0.05, 0.1) is 11.8 Å². The molecule has 3 atom stereocenters. The van der Waals surface area contributed by atoms with E-state index in [1.807, 2.05) is 13.0 Å². The molecule has 0 aromatic heterocycles. The highest BCUT2D eigenvalue weighted by Gasteiger charge is 2.39. The Balaban J connectivity index is 2.98. The Hall–Kier alpha value is -1.32. The van der Waals surface area contributed by atoms with E-state index in [0.29, 0.717) is 6.42 Å². The zero-order valence-corrected chi connectivity index (χ0v) is 8.23. The Morgan fingerprint density at radius 1 is 1.36 bits per heavy atom. The lowest BCUT2D eigenvalue weighted by Gasteiger charge is -2.29. The molecule has 0 aliphatic heterocycles. The van der Waals surface area contributed by atoms with E-state index in [2.05, 4.69) is 0 Å². The molecule has 0 radical (unpaired) electrons. The van der Waals surface area contributed by atoms with Gasteiger partial charge in [-0.1, -0.05) is 18.6 Å². The third kappa shape index (κ3) is 1.95. The number of hydrogen-bond acceptors (Lipinski definition) is 2. The van der Waals surface area contributed by atoms with Crippen molar-refractivity contribution in [3.63, 3.8) is 0 Å². The lowest BCUT2D eigenvalue weighted by atomic mass is 9.74. The maximum absolute atomic E-state index is 10.9. The molecule has 0 heterocycles. The van der Waals surface area contributed by atoms with E-state index in [1.165, 1.54) is 0 Å². The Bertz CT molecular complexity index is 292. The molecule has 0 aromatic carbocycles. The summed E-state index contributed by atoms with van der Waals surface area (Å²) in [7, 11) is 0. The lowest BCUT2D eigenvalue weighted by Crippen LogP contribution is -2.36. The van der Waals surface area contributed by atoms with Crippen LogP contribution >= 0.6 is 0 Å². The van der Waals surface area contributed by atoms with Crippen molar-refractivity contribution < 1.29 is 19.8 Å². The molecule has 2 N–H and O–H groups in total. The summed E-state index contributed by atoms with van der Waals surface area (Å²) in [4.78, 5) is 21.8. The summed E-state index contributed by atoms with van der Waals surface area (Å²) in [6.45, 7) is 3.59. The summed E-state index contributed by atoms with van der Waals surface area (Å²) in [6, 6.07) is 0. The van der Waals surface area contributed by atoms with Gasteiger partial charge in [0.1, 0.15) is 0 Å². The van der Waals surface area contributed by atoms with E-state index in [1.54, 1.807) is 6.92 Å². The molecule has 0 amide bonds. The van der Waals surface area contributed by atoms with Crippen molar-refractivity contribution in [3.8, 4) is 0 Å². The highest BCUT2D eigenvalue weighted by Crippen LogP contribution is 2.34. The number of carboxylic acids is 2. The van der Waals surface area contributed by atoms with Crippen LogP contribution in [0.5, 0.6) is 0 Å². The van der Waals surface area contributed by atoms with Gasteiger partial charge in [-0.15, -0.1) is 0 Å². The minimum absolute atomic E-state index is 0.206. The number of rotatable bonds is 2. The average Bonchev–Trinajstić information content (AvgIpc) is 2.01. The quantitative estimate of drug-likeness (QED) is 0.657. The molecule has 4 heteroatoms. The van der Waals surface area contributed by atoms with E-state index < -0.39 is 23.8 Å². The van der Waals surface area contributed by atoms with Crippen molar-refractivity contribution >= 4 is 11.9 Å². The molecule has 0 fully saturated rings. The Labute approximate surface area is 82.2 Å². The minimum Gasteiger partial charge on any atom is -0.481 e. The zero-order valence-electron chi connectivity index (χ0n) is 8.23. The number of carbonyl (C=O) groups is 2. The van der Waals surface area contributed by atoms with Gasteiger partial charge in [-0.05, 0) is 19.3 Å². The Morgan fingerprint density at radius 2 is 1.93 bits per heavy atom. The first-order valence-electron chi connectivity index (χ1n) is 4.56. The highest BCUT2D eigenvalue weighted by atomic mass is 16.4. The lowest BCUT2D eigenvalue weighted by molar-refractivity contribution is -0.155. The van der Waals surface area contributed by atoms with Gasteiger partial charge in [0.15, 0.2) is 0 Å². The topological polar surface area (TPSA) is 74.6 Å². The number of aliphatic carboxylic acids is 2. The minimum atomic E-state index is -1.02. The van der Waals surface area contributed by atoms with E-state index in [4.69, 9.17) is 10.2 Å². The second kappa shape index (κ2) is 3.82. The summed E-state index contributed by atoms with van der Waals surface area (Å²) in [5, 5.41) is 17.8. The molecule has 14 heavy (non-hydrogen) atoms. The van der Waals surface area contributed by atoms with Gasteiger partial charge in [-0.3, -0.25) is 9.59 Å². The summed E-state index contributed by atoms with van der Waals surface area (Å²) in [5.41, 5.74) is 0.961. The maximum atomic E-state index is 10.9. The molecule has 1 aliphatic rings. The van der Waals surface area contributed by atoms with Crippen LogP contribution in [0.4, 0.5) is 0 Å². The molecule has 0 aromatic rings. The highest BCUT2D eigenvalue weighted by molar-refractivity contribution is 5.81.